The van der Waals surface area contributed by atoms with Crippen molar-refractivity contribution in [2.45, 2.75) is 12.8 Å². The molecule has 4 rings (SSSR count). The molecule has 0 radical (unpaired) electrons. The second kappa shape index (κ2) is 11.2. The van der Waals surface area contributed by atoms with Gasteiger partial charge in [0.25, 0.3) is 0 Å². The second-order valence-corrected chi connectivity index (χ2v) is 9.53. The maximum absolute atomic E-state index is 12.3. The third-order valence-electron chi connectivity index (χ3n) is 5.30. The molecule has 2 aromatic heterocycles. The Morgan fingerprint density at radius 3 is 2.50 bits per heavy atom. The van der Waals surface area contributed by atoms with Crippen molar-refractivity contribution in [3.8, 4) is 0 Å². The first-order valence-electron chi connectivity index (χ1n) is 10.7. The minimum absolute atomic E-state index is 0.0466. The minimum atomic E-state index is -0.0924. The lowest BCUT2D eigenvalue weighted by Gasteiger charge is -2.36. The molecule has 0 atom stereocenters. The number of para-hydroxylation sites is 1. The summed E-state index contributed by atoms with van der Waals surface area (Å²) in [5, 5.41) is 10.1. The van der Waals surface area contributed by atoms with E-state index in [4.69, 9.17) is 0 Å². The summed E-state index contributed by atoms with van der Waals surface area (Å²) in [5.41, 5.74) is 1.95. The fourth-order valence-corrected chi connectivity index (χ4v) is 5.06. The van der Waals surface area contributed by atoms with Crippen molar-refractivity contribution >= 4 is 45.3 Å². The van der Waals surface area contributed by atoms with E-state index in [2.05, 4.69) is 49.7 Å². The van der Waals surface area contributed by atoms with Crippen LogP contribution in [0.2, 0.25) is 0 Å². The largest absolute Gasteiger partial charge is 0.369 e. The van der Waals surface area contributed by atoms with E-state index in [0.29, 0.717) is 23.8 Å². The fourth-order valence-electron chi connectivity index (χ4n) is 3.63. The molecule has 3 aromatic rings. The van der Waals surface area contributed by atoms with E-state index < -0.39 is 0 Å². The summed E-state index contributed by atoms with van der Waals surface area (Å²) in [4.78, 5) is 34.5. The molecule has 0 spiro atoms. The Balaban J connectivity index is 1.13. The number of anilines is 2. The van der Waals surface area contributed by atoms with Gasteiger partial charge in [-0.05, 0) is 23.6 Å². The van der Waals surface area contributed by atoms with Crippen molar-refractivity contribution in [2.24, 2.45) is 0 Å². The Bertz CT molecular complexity index is 999. The molecular weight excluding hydrogens is 442 g/mol. The van der Waals surface area contributed by atoms with E-state index in [1.54, 1.807) is 11.3 Å². The van der Waals surface area contributed by atoms with Gasteiger partial charge in [-0.15, -0.1) is 22.7 Å². The highest BCUT2D eigenvalue weighted by Crippen LogP contribution is 2.17. The zero-order valence-corrected chi connectivity index (χ0v) is 19.5. The quantitative estimate of drug-likeness (QED) is 0.504. The van der Waals surface area contributed by atoms with Gasteiger partial charge in [-0.1, -0.05) is 24.3 Å². The van der Waals surface area contributed by atoms with E-state index >= 15 is 0 Å². The number of rotatable bonds is 9. The molecule has 1 aliphatic heterocycles. The van der Waals surface area contributed by atoms with E-state index in [1.807, 2.05) is 29.0 Å². The molecule has 1 aliphatic rings. The van der Waals surface area contributed by atoms with Crippen LogP contribution in [0.3, 0.4) is 0 Å². The summed E-state index contributed by atoms with van der Waals surface area (Å²) in [6.07, 6.45) is 0.561. The monoisotopic (exact) mass is 469 g/mol. The molecule has 1 aromatic carbocycles. The number of hydrogen-bond acceptors (Lipinski definition) is 7. The van der Waals surface area contributed by atoms with Crippen molar-refractivity contribution in [3.05, 3.63) is 63.8 Å². The first-order chi connectivity index (χ1) is 15.7. The van der Waals surface area contributed by atoms with Crippen LogP contribution in [0.5, 0.6) is 0 Å². The molecule has 0 saturated carbocycles. The van der Waals surface area contributed by atoms with Crippen LogP contribution < -0.4 is 15.5 Å². The van der Waals surface area contributed by atoms with Gasteiger partial charge in [0.15, 0.2) is 5.13 Å². The number of nitrogens with zero attached hydrogens (tertiary/aromatic N) is 3. The molecule has 32 heavy (non-hydrogen) atoms. The van der Waals surface area contributed by atoms with Crippen LogP contribution in [0.1, 0.15) is 10.6 Å². The van der Waals surface area contributed by atoms with Crippen LogP contribution in [0.25, 0.3) is 0 Å². The molecule has 1 saturated heterocycles. The third-order valence-corrected chi connectivity index (χ3v) is 6.98. The van der Waals surface area contributed by atoms with Gasteiger partial charge in [-0.3, -0.25) is 14.5 Å². The van der Waals surface area contributed by atoms with Gasteiger partial charge in [0, 0.05) is 55.2 Å². The smallest absolute Gasteiger partial charge is 0.231 e. The summed E-state index contributed by atoms with van der Waals surface area (Å²) in [6.45, 7) is 5.44. The number of aromatic nitrogens is 1. The van der Waals surface area contributed by atoms with Gasteiger partial charge in [-0.25, -0.2) is 4.98 Å². The Kier molecular flexibility index (Phi) is 7.87. The van der Waals surface area contributed by atoms with Crippen molar-refractivity contribution in [3.63, 3.8) is 0 Å². The number of thiophene rings is 1. The Morgan fingerprint density at radius 1 is 0.938 bits per heavy atom. The number of carbonyl (C=O) groups excluding carboxylic acids is 2. The Labute approximate surface area is 196 Å². The van der Waals surface area contributed by atoms with Crippen LogP contribution in [0, 0.1) is 0 Å². The summed E-state index contributed by atoms with van der Waals surface area (Å²) >= 11 is 2.90. The average Bonchev–Trinajstić information content (AvgIpc) is 3.47. The number of piperazine rings is 1. The van der Waals surface area contributed by atoms with Gasteiger partial charge in [0.1, 0.15) is 0 Å². The predicted molar refractivity (Wildman–Crippen MR) is 131 cm³/mol. The highest BCUT2D eigenvalue weighted by molar-refractivity contribution is 7.14. The normalized spacial score (nSPS) is 14.3. The molecule has 0 unspecified atom stereocenters. The van der Waals surface area contributed by atoms with Crippen molar-refractivity contribution in [1.29, 1.82) is 0 Å². The van der Waals surface area contributed by atoms with Crippen LogP contribution in [-0.4, -0.2) is 61.0 Å². The van der Waals surface area contributed by atoms with Crippen LogP contribution in [0.15, 0.2) is 53.2 Å². The molecule has 9 heteroatoms. The molecule has 168 valence electrons. The predicted octanol–water partition coefficient (Wildman–Crippen LogP) is 2.87. The zero-order chi connectivity index (χ0) is 22.2. The van der Waals surface area contributed by atoms with Gasteiger partial charge < -0.3 is 15.5 Å². The van der Waals surface area contributed by atoms with Crippen LogP contribution >= 0.6 is 22.7 Å². The lowest BCUT2D eigenvalue weighted by Crippen LogP contribution is -2.48. The Hall–Kier alpha value is -2.75. The number of benzene rings is 1. The highest BCUT2D eigenvalue weighted by atomic mass is 32.1. The molecule has 2 amide bonds. The molecule has 0 aliphatic carbocycles. The summed E-state index contributed by atoms with van der Waals surface area (Å²) < 4.78 is 0. The van der Waals surface area contributed by atoms with E-state index in [-0.39, 0.29) is 18.2 Å². The number of amides is 2. The van der Waals surface area contributed by atoms with E-state index in [9.17, 15) is 9.59 Å². The van der Waals surface area contributed by atoms with E-state index in [0.717, 1.165) is 37.6 Å². The van der Waals surface area contributed by atoms with E-state index in [1.165, 1.54) is 17.0 Å². The lowest BCUT2D eigenvalue weighted by atomic mass is 10.2. The van der Waals surface area contributed by atoms with Gasteiger partial charge in [-0.2, -0.15) is 0 Å². The van der Waals surface area contributed by atoms with Gasteiger partial charge in [0.05, 0.1) is 18.5 Å². The second-order valence-electron chi connectivity index (χ2n) is 7.64. The van der Waals surface area contributed by atoms with Gasteiger partial charge in [0.2, 0.25) is 11.8 Å². The third kappa shape index (κ3) is 6.62. The molecule has 1 fully saturated rings. The maximum atomic E-state index is 12.3. The van der Waals surface area contributed by atoms with Crippen LogP contribution in [0.4, 0.5) is 10.8 Å². The lowest BCUT2D eigenvalue weighted by molar-refractivity contribution is -0.120. The van der Waals surface area contributed by atoms with Gasteiger partial charge >= 0.3 is 0 Å². The number of thiazole rings is 1. The number of nitrogens with one attached hydrogen (secondary N) is 2. The maximum Gasteiger partial charge on any atom is 0.231 e. The van der Waals surface area contributed by atoms with Crippen molar-refractivity contribution < 1.29 is 9.59 Å². The summed E-state index contributed by atoms with van der Waals surface area (Å²) in [7, 11) is 0. The summed E-state index contributed by atoms with van der Waals surface area (Å²) in [5.74, 6) is -0.139. The summed E-state index contributed by atoms with van der Waals surface area (Å²) in [6, 6.07) is 14.3. The topological polar surface area (TPSA) is 77.6 Å². The number of carbonyl (C=O) groups is 2. The Morgan fingerprint density at radius 2 is 1.75 bits per heavy atom. The molecule has 2 N–H and O–H groups in total. The average molecular weight is 470 g/mol. The highest BCUT2D eigenvalue weighted by Gasteiger charge is 2.17. The number of hydrogen-bond donors (Lipinski definition) is 2. The molecule has 7 nitrogen and oxygen atoms in total. The van der Waals surface area contributed by atoms with Crippen molar-refractivity contribution in [2.75, 3.05) is 49.5 Å². The SMILES string of the molecule is O=C(Cc1csc(NC(=O)Cc2cccs2)n1)NCCN1CCN(c2ccccc2)CC1. The first-order valence-corrected chi connectivity index (χ1v) is 12.5. The fraction of sp³-hybridized carbons (Fsp3) is 0.348. The zero-order valence-electron chi connectivity index (χ0n) is 17.8. The minimum Gasteiger partial charge on any atom is -0.369 e. The van der Waals surface area contributed by atoms with Crippen LogP contribution in [-0.2, 0) is 22.4 Å². The standard InChI is InChI=1S/C23H27N5O2S2/c29-21(15-18-17-32-23(25-18)26-22(30)16-20-7-4-14-31-20)24-8-9-27-10-12-28(13-11-27)19-5-2-1-3-6-19/h1-7,14,17H,8-13,15-16H2,(H,24,29)(H,25,26,30). The molecule has 3 heterocycles. The van der Waals surface area contributed by atoms with Crippen molar-refractivity contribution in [1.82, 2.24) is 15.2 Å². The molecular formula is C23H27N5O2S2. The molecule has 0 bridgehead atoms. The first kappa shape index (κ1) is 22.4.